The molecule has 0 radical (unpaired) electrons. The first kappa shape index (κ1) is 23.0. The monoisotopic (exact) mass is 481 g/mol. The van der Waals surface area contributed by atoms with Gasteiger partial charge in [-0.3, -0.25) is 9.30 Å². The van der Waals surface area contributed by atoms with Gasteiger partial charge in [-0.15, -0.1) is 10.2 Å². The van der Waals surface area contributed by atoms with Crippen molar-refractivity contribution in [2.24, 2.45) is 0 Å². The zero-order chi connectivity index (χ0) is 23.7. The van der Waals surface area contributed by atoms with Crippen molar-refractivity contribution in [1.82, 2.24) is 24.5 Å². The molecule has 4 aromatic rings. The molecule has 1 aliphatic rings. The average molecular weight is 482 g/mol. The lowest BCUT2D eigenvalue weighted by atomic mass is 9.99. The number of likely N-dealkylation sites (tertiary alicyclic amines) is 1. The molecule has 1 aliphatic heterocycles. The fourth-order valence-corrected chi connectivity index (χ4v) is 4.82. The van der Waals surface area contributed by atoms with Crippen LogP contribution in [0.25, 0.3) is 27.8 Å². The Hall–Kier alpha value is -2.77. The van der Waals surface area contributed by atoms with Crippen molar-refractivity contribution >= 4 is 28.3 Å². The van der Waals surface area contributed by atoms with E-state index in [9.17, 15) is 4.39 Å². The predicted molar refractivity (Wildman–Crippen MR) is 133 cm³/mol. The van der Waals surface area contributed by atoms with Gasteiger partial charge in [-0.1, -0.05) is 24.9 Å². The van der Waals surface area contributed by atoms with E-state index in [-0.39, 0.29) is 0 Å². The standard InChI is InChI=1S/C26H29ClFN5O/c1-3-4-11-34-20-5-6-23(27)21(14-20)22-12-18(15-32-9-7-19(28)8-10-32)13-24-25(22)30-17(2)26-31-29-16-33(24)26/h5-6,12-14,16,19H,3-4,7-11,15H2,1-2H3. The minimum Gasteiger partial charge on any atom is -0.494 e. The average Bonchev–Trinajstić information content (AvgIpc) is 3.33. The van der Waals surface area contributed by atoms with Gasteiger partial charge in [-0.2, -0.15) is 0 Å². The Balaban J connectivity index is 1.64. The van der Waals surface area contributed by atoms with Crippen LogP contribution < -0.4 is 4.74 Å². The number of rotatable bonds is 7. The van der Waals surface area contributed by atoms with E-state index in [2.05, 4.69) is 34.2 Å². The maximum Gasteiger partial charge on any atom is 0.182 e. The third kappa shape index (κ3) is 4.59. The van der Waals surface area contributed by atoms with Crippen LogP contribution in [-0.4, -0.2) is 50.4 Å². The number of aryl methyl sites for hydroxylation is 1. The lowest BCUT2D eigenvalue weighted by molar-refractivity contribution is 0.145. The van der Waals surface area contributed by atoms with Crippen LogP contribution in [0.2, 0.25) is 5.02 Å². The first-order valence-electron chi connectivity index (χ1n) is 12.0. The number of benzene rings is 2. The second kappa shape index (κ2) is 9.84. The number of nitrogens with zero attached hydrogens (tertiary/aromatic N) is 5. The molecule has 0 N–H and O–H groups in total. The molecule has 0 atom stereocenters. The summed E-state index contributed by atoms with van der Waals surface area (Å²) in [5, 5.41) is 9.01. The predicted octanol–water partition coefficient (Wildman–Crippen LogP) is 6.02. The number of aromatic nitrogens is 4. The first-order valence-corrected chi connectivity index (χ1v) is 12.3. The van der Waals surface area contributed by atoms with Crippen molar-refractivity contribution in [1.29, 1.82) is 0 Å². The van der Waals surface area contributed by atoms with Crippen molar-refractivity contribution < 1.29 is 9.13 Å². The zero-order valence-electron chi connectivity index (χ0n) is 19.6. The van der Waals surface area contributed by atoms with Gasteiger partial charge >= 0.3 is 0 Å². The Morgan fingerprint density at radius 1 is 1.15 bits per heavy atom. The molecule has 0 spiro atoms. The molecular formula is C26H29ClFN5O. The van der Waals surface area contributed by atoms with Crippen LogP contribution in [0.5, 0.6) is 5.75 Å². The van der Waals surface area contributed by atoms with Crippen LogP contribution in [-0.2, 0) is 6.54 Å². The lowest BCUT2D eigenvalue weighted by Gasteiger charge is -2.28. The normalized spacial score (nSPS) is 15.4. The molecule has 178 valence electrons. The summed E-state index contributed by atoms with van der Waals surface area (Å²) >= 11 is 6.72. The fourth-order valence-electron chi connectivity index (χ4n) is 4.60. The van der Waals surface area contributed by atoms with E-state index in [1.807, 2.05) is 29.5 Å². The summed E-state index contributed by atoms with van der Waals surface area (Å²) in [6.45, 7) is 6.99. The Kier molecular flexibility index (Phi) is 6.66. The number of alkyl halides is 1. The largest absolute Gasteiger partial charge is 0.494 e. The maximum atomic E-state index is 13.7. The fraction of sp³-hybridized carbons (Fsp3) is 0.423. The van der Waals surface area contributed by atoms with E-state index < -0.39 is 6.17 Å². The number of halogens is 2. The van der Waals surface area contributed by atoms with Gasteiger partial charge in [0.2, 0.25) is 0 Å². The van der Waals surface area contributed by atoms with Crippen LogP contribution in [0.1, 0.15) is 43.9 Å². The molecule has 1 fully saturated rings. The Bertz CT molecular complexity index is 1320. The summed E-state index contributed by atoms with van der Waals surface area (Å²) < 4.78 is 21.6. The molecule has 5 rings (SSSR count). The van der Waals surface area contributed by atoms with Gasteiger partial charge < -0.3 is 4.74 Å². The van der Waals surface area contributed by atoms with Gasteiger partial charge in [0, 0.05) is 35.8 Å². The van der Waals surface area contributed by atoms with Crippen molar-refractivity contribution in [2.75, 3.05) is 19.7 Å². The highest BCUT2D eigenvalue weighted by atomic mass is 35.5. The van der Waals surface area contributed by atoms with Crippen molar-refractivity contribution in [3.05, 3.63) is 52.9 Å². The van der Waals surface area contributed by atoms with Crippen LogP contribution >= 0.6 is 11.6 Å². The molecule has 3 heterocycles. The number of ether oxygens (including phenoxy) is 1. The lowest BCUT2D eigenvalue weighted by Crippen LogP contribution is -2.33. The Labute approximate surface area is 203 Å². The second-order valence-electron chi connectivity index (χ2n) is 9.03. The van der Waals surface area contributed by atoms with E-state index in [4.69, 9.17) is 21.3 Å². The van der Waals surface area contributed by atoms with E-state index in [0.29, 0.717) is 24.5 Å². The molecule has 0 aliphatic carbocycles. The van der Waals surface area contributed by atoms with E-state index in [0.717, 1.165) is 77.3 Å². The molecule has 6 nitrogen and oxygen atoms in total. The van der Waals surface area contributed by atoms with Crippen molar-refractivity contribution in [2.45, 2.75) is 52.2 Å². The minimum atomic E-state index is -0.693. The highest BCUT2D eigenvalue weighted by Crippen LogP contribution is 2.37. The first-order chi connectivity index (χ1) is 16.5. The van der Waals surface area contributed by atoms with Gasteiger partial charge in [-0.05, 0) is 62.1 Å². The number of unbranched alkanes of at least 4 members (excludes halogenated alkanes) is 1. The number of piperidine rings is 1. The third-order valence-corrected chi connectivity index (χ3v) is 6.81. The zero-order valence-corrected chi connectivity index (χ0v) is 20.4. The van der Waals surface area contributed by atoms with Crippen LogP contribution in [0.4, 0.5) is 4.39 Å². The number of fused-ring (bicyclic) bond motifs is 3. The van der Waals surface area contributed by atoms with Crippen LogP contribution in [0.15, 0.2) is 36.7 Å². The molecule has 8 heteroatoms. The molecular weight excluding hydrogens is 453 g/mol. The van der Waals surface area contributed by atoms with Crippen molar-refractivity contribution in [3.8, 4) is 16.9 Å². The Morgan fingerprint density at radius 2 is 1.97 bits per heavy atom. The highest BCUT2D eigenvalue weighted by molar-refractivity contribution is 6.33. The van der Waals surface area contributed by atoms with Crippen LogP contribution in [0.3, 0.4) is 0 Å². The van der Waals surface area contributed by atoms with Gasteiger partial charge in [0.05, 0.1) is 23.3 Å². The van der Waals surface area contributed by atoms with E-state index in [1.54, 1.807) is 6.33 Å². The third-order valence-electron chi connectivity index (χ3n) is 6.48. The second-order valence-corrected chi connectivity index (χ2v) is 9.43. The quantitative estimate of drug-likeness (QED) is 0.302. The summed E-state index contributed by atoms with van der Waals surface area (Å²) in [6, 6.07) is 10.1. The molecule has 2 aromatic heterocycles. The van der Waals surface area contributed by atoms with Gasteiger partial charge in [0.1, 0.15) is 18.2 Å². The molecule has 0 bridgehead atoms. The molecule has 34 heavy (non-hydrogen) atoms. The van der Waals surface area contributed by atoms with Gasteiger partial charge in [-0.25, -0.2) is 9.37 Å². The molecule has 0 unspecified atom stereocenters. The van der Waals surface area contributed by atoms with Crippen molar-refractivity contribution in [3.63, 3.8) is 0 Å². The Morgan fingerprint density at radius 3 is 2.76 bits per heavy atom. The van der Waals surface area contributed by atoms with Gasteiger partial charge in [0.15, 0.2) is 5.65 Å². The van der Waals surface area contributed by atoms with E-state index >= 15 is 0 Å². The summed E-state index contributed by atoms with van der Waals surface area (Å²) in [7, 11) is 0. The molecule has 0 amide bonds. The smallest absolute Gasteiger partial charge is 0.182 e. The van der Waals surface area contributed by atoms with Gasteiger partial charge in [0.25, 0.3) is 0 Å². The number of hydrogen-bond donors (Lipinski definition) is 0. The number of hydrogen-bond acceptors (Lipinski definition) is 5. The van der Waals surface area contributed by atoms with E-state index in [1.165, 1.54) is 0 Å². The molecule has 1 saturated heterocycles. The van der Waals surface area contributed by atoms with Crippen LogP contribution in [0, 0.1) is 6.92 Å². The SMILES string of the molecule is CCCCOc1ccc(Cl)c(-c2cc(CN3CCC(F)CC3)cc3c2nc(C)c2nncn23)c1. The summed E-state index contributed by atoms with van der Waals surface area (Å²) in [4.78, 5) is 7.21. The molecule has 0 saturated carbocycles. The maximum absolute atomic E-state index is 13.7. The molecule has 2 aromatic carbocycles. The highest BCUT2D eigenvalue weighted by Gasteiger charge is 2.21. The summed E-state index contributed by atoms with van der Waals surface area (Å²) in [5.41, 5.74) is 6.23. The summed E-state index contributed by atoms with van der Waals surface area (Å²) in [6.07, 6.45) is 4.27. The topological polar surface area (TPSA) is 55.5 Å². The minimum absolute atomic E-state index is 0.583. The summed E-state index contributed by atoms with van der Waals surface area (Å²) in [5.74, 6) is 0.790.